The SMILES string of the molecule is COC(=O)CCCOc1ccc(Cl)c2c(C)cc(C)nc12. The molecule has 0 aliphatic rings. The molecule has 0 aliphatic carbocycles. The second-order valence-corrected chi connectivity index (χ2v) is 5.29. The second-order valence-electron chi connectivity index (χ2n) is 4.88. The highest BCUT2D eigenvalue weighted by molar-refractivity contribution is 6.35. The van der Waals surface area contributed by atoms with Crippen LogP contribution < -0.4 is 4.74 Å². The predicted octanol–water partition coefficient (Wildman–Crippen LogP) is 3.84. The van der Waals surface area contributed by atoms with Crippen molar-refractivity contribution in [2.24, 2.45) is 0 Å². The van der Waals surface area contributed by atoms with Crippen LogP contribution in [-0.2, 0) is 9.53 Å². The number of carbonyl (C=O) groups is 1. The quantitative estimate of drug-likeness (QED) is 0.622. The molecule has 0 spiro atoms. The van der Waals surface area contributed by atoms with Crippen LogP contribution in [0.15, 0.2) is 18.2 Å². The van der Waals surface area contributed by atoms with Gasteiger partial charge in [0.2, 0.25) is 0 Å². The molecule has 5 heteroatoms. The maximum atomic E-state index is 11.1. The van der Waals surface area contributed by atoms with E-state index in [1.165, 1.54) is 7.11 Å². The van der Waals surface area contributed by atoms with Crippen molar-refractivity contribution in [1.82, 2.24) is 4.98 Å². The number of pyridine rings is 1. The number of aryl methyl sites for hydroxylation is 2. The van der Waals surface area contributed by atoms with E-state index >= 15 is 0 Å². The number of halogens is 1. The molecule has 0 aliphatic heterocycles. The van der Waals surface area contributed by atoms with E-state index in [4.69, 9.17) is 16.3 Å². The van der Waals surface area contributed by atoms with Crippen molar-refractivity contribution in [2.75, 3.05) is 13.7 Å². The normalized spacial score (nSPS) is 10.7. The smallest absolute Gasteiger partial charge is 0.305 e. The average molecular weight is 308 g/mol. The fourth-order valence-corrected chi connectivity index (χ4v) is 2.55. The largest absolute Gasteiger partial charge is 0.491 e. The Labute approximate surface area is 129 Å². The number of fused-ring (bicyclic) bond motifs is 1. The van der Waals surface area contributed by atoms with Gasteiger partial charge < -0.3 is 9.47 Å². The zero-order chi connectivity index (χ0) is 15.4. The third kappa shape index (κ3) is 3.64. The van der Waals surface area contributed by atoms with Gasteiger partial charge >= 0.3 is 5.97 Å². The van der Waals surface area contributed by atoms with Gasteiger partial charge in [0.1, 0.15) is 11.3 Å². The Balaban J connectivity index is 2.20. The lowest BCUT2D eigenvalue weighted by molar-refractivity contribution is -0.140. The lowest BCUT2D eigenvalue weighted by atomic mass is 10.1. The van der Waals surface area contributed by atoms with Gasteiger partial charge in [0, 0.05) is 17.5 Å². The number of carbonyl (C=O) groups excluding carboxylic acids is 1. The highest BCUT2D eigenvalue weighted by Gasteiger charge is 2.11. The summed E-state index contributed by atoms with van der Waals surface area (Å²) in [6.07, 6.45) is 0.940. The van der Waals surface area contributed by atoms with Crippen molar-refractivity contribution in [3.05, 3.63) is 34.5 Å². The molecule has 0 N–H and O–H groups in total. The van der Waals surface area contributed by atoms with E-state index in [0.717, 1.165) is 22.2 Å². The molecule has 0 saturated heterocycles. The van der Waals surface area contributed by atoms with Crippen molar-refractivity contribution >= 4 is 28.5 Å². The number of methoxy groups -OCH3 is 1. The number of hydrogen-bond acceptors (Lipinski definition) is 4. The summed E-state index contributed by atoms with van der Waals surface area (Å²) in [5.74, 6) is 0.454. The Bertz CT molecular complexity index is 670. The van der Waals surface area contributed by atoms with Crippen LogP contribution in [0.1, 0.15) is 24.1 Å². The monoisotopic (exact) mass is 307 g/mol. The molecule has 0 radical (unpaired) electrons. The highest BCUT2D eigenvalue weighted by Crippen LogP contribution is 2.32. The Morgan fingerprint density at radius 3 is 2.81 bits per heavy atom. The summed E-state index contributed by atoms with van der Waals surface area (Å²) in [5, 5.41) is 1.57. The zero-order valence-electron chi connectivity index (χ0n) is 12.4. The van der Waals surface area contributed by atoms with E-state index in [2.05, 4.69) is 9.72 Å². The molecule has 1 heterocycles. The Morgan fingerprint density at radius 2 is 2.10 bits per heavy atom. The van der Waals surface area contributed by atoms with Crippen molar-refractivity contribution in [1.29, 1.82) is 0 Å². The van der Waals surface area contributed by atoms with Crippen LogP contribution in [-0.4, -0.2) is 24.7 Å². The molecular formula is C16H18ClNO3. The van der Waals surface area contributed by atoms with Gasteiger partial charge in [0.25, 0.3) is 0 Å². The van der Waals surface area contributed by atoms with Crippen molar-refractivity contribution in [2.45, 2.75) is 26.7 Å². The molecule has 2 rings (SSSR count). The minimum absolute atomic E-state index is 0.232. The Hall–Kier alpha value is -1.81. The number of ether oxygens (including phenoxy) is 2. The molecule has 0 amide bonds. The first kappa shape index (κ1) is 15.6. The van der Waals surface area contributed by atoms with Gasteiger partial charge in [-0.25, -0.2) is 4.98 Å². The van der Waals surface area contributed by atoms with Gasteiger partial charge in [-0.05, 0) is 44.0 Å². The number of nitrogens with zero attached hydrogens (tertiary/aromatic N) is 1. The van der Waals surface area contributed by atoms with E-state index in [1.807, 2.05) is 32.0 Å². The summed E-state index contributed by atoms with van der Waals surface area (Å²) in [6.45, 7) is 4.37. The van der Waals surface area contributed by atoms with E-state index < -0.39 is 0 Å². The van der Waals surface area contributed by atoms with Gasteiger partial charge in [-0.2, -0.15) is 0 Å². The summed E-state index contributed by atoms with van der Waals surface area (Å²) in [7, 11) is 1.38. The van der Waals surface area contributed by atoms with Crippen LogP contribution in [0.25, 0.3) is 10.9 Å². The van der Waals surface area contributed by atoms with Gasteiger partial charge in [0.15, 0.2) is 0 Å². The van der Waals surface area contributed by atoms with E-state index in [9.17, 15) is 4.79 Å². The molecule has 0 unspecified atom stereocenters. The summed E-state index contributed by atoms with van der Waals surface area (Å²) >= 11 is 6.25. The summed E-state index contributed by atoms with van der Waals surface area (Å²) in [5.41, 5.74) is 2.75. The number of rotatable bonds is 5. The minimum atomic E-state index is -0.232. The summed E-state index contributed by atoms with van der Waals surface area (Å²) < 4.78 is 10.3. The molecule has 2 aromatic rings. The van der Waals surface area contributed by atoms with Gasteiger partial charge in [0.05, 0.1) is 18.7 Å². The van der Waals surface area contributed by atoms with Gasteiger partial charge in [-0.1, -0.05) is 11.6 Å². The van der Waals surface area contributed by atoms with Crippen LogP contribution in [0.4, 0.5) is 0 Å². The lowest BCUT2D eigenvalue weighted by Gasteiger charge is -2.12. The van der Waals surface area contributed by atoms with Crippen LogP contribution in [0, 0.1) is 13.8 Å². The molecule has 4 nitrogen and oxygen atoms in total. The zero-order valence-corrected chi connectivity index (χ0v) is 13.2. The predicted molar refractivity (Wildman–Crippen MR) is 83.0 cm³/mol. The molecule has 21 heavy (non-hydrogen) atoms. The fourth-order valence-electron chi connectivity index (χ4n) is 2.24. The molecule has 1 aromatic heterocycles. The van der Waals surface area contributed by atoms with Gasteiger partial charge in [-0.3, -0.25) is 4.79 Å². The van der Waals surface area contributed by atoms with Gasteiger partial charge in [-0.15, -0.1) is 0 Å². The first-order valence-electron chi connectivity index (χ1n) is 6.79. The third-order valence-electron chi connectivity index (χ3n) is 3.21. The third-order valence-corrected chi connectivity index (χ3v) is 3.52. The molecule has 0 saturated carbocycles. The fraction of sp³-hybridized carbons (Fsp3) is 0.375. The molecule has 0 atom stereocenters. The van der Waals surface area contributed by atoms with Crippen molar-refractivity contribution < 1.29 is 14.3 Å². The first-order valence-corrected chi connectivity index (χ1v) is 7.17. The van der Waals surface area contributed by atoms with E-state index in [0.29, 0.717) is 30.2 Å². The molecule has 112 valence electrons. The van der Waals surface area contributed by atoms with E-state index in [1.54, 1.807) is 0 Å². The summed E-state index contributed by atoms with van der Waals surface area (Å²) in [6, 6.07) is 5.62. The average Bonchev–Trinajstić information content (AvgIpc) is 2.44. The number of esters is 1. The maximum absolute atomic E-state index is 11.1. The van der Waals surface area contributed by atoms with Crippen LogP contribution in [0.2, 0.25) is 5.02 Å². The van der Waals surface area contributed by atoms with E-state index in [-0.39, 0.29) is 5.97 Å². The number of aromatic nitrogens is 1. The Morgan fingerprint density at radius 1 is 1.33 bits per heavy atom. The Kier molecular flexibility index (Phi) is 5.02. The first-order chi connectivity index (χ1) is 10.0. The maximum Gasteiger partial charge on any atom is 0.305 e. The molecule has 0 fully saturated rings. The standard InChI is InChI=1S/C16H18ClNO3/c1-10-9-11(2)18-16-13(7-6-12(17)15(10)16)21-8-4-5-14(19)20-3/h6-7,9H,4-5,8H2,1-3H3. The topological polar surface area (TPSA) is 48.4 Å². The van der Waals surface area contributed by atoms with Crippen LogP contribution in [0.3, 0.4) is 0 Å². The van der Waals surface area contributed by atoms with Crippen LogP contribution in [0.5, 0.6) is 5.75 Å². The van der Waals surface area contributed by atoms with Crippen molar-refractivity contribution in [3.8, 4) is 5.75 Å². The van der Waals surface area contributed by atoms with Crippen LogP contribution >= 0.6 is 11.6 Å². The minimum Gasteiger partial charge on any atom is -0.491 e. The summed E-state index contributed by atoms with van der Waals surface area (Å²) in [4.78, 5) is 15.6. The lowest BCUT2D eigenvalue weighted by Crippen LogP contribution is -2.05. The number of benzene rings is 1. The molecule has 1 aromatic carbocycles. The van der Waals surface area contributed by atoms with Crippen molar-refractivity contribution in [3.63, 3.8) is 0 Å². The number of hydrogen-bond donors (Lipinski definition) is 0. The highest BCUT2D eigenvalue weighted by atomic mass is 35.5. The molecule has 0 bridgehead atoms. The molecular weight excluding hydrogens is 290 g/mol. The second kappa shape index (κ2) is 6.76.